The molecule has 0 fully saturated rings. The van der Waals surface area contributed by atoms with Crippen LogP contribution >= 0.6 is 0 Å². The Morgan fingerprint density at radius 3 is 2.65 bits per heavy atom. The van der Waals surface area contributed by atoms with Crippen LogP contribution in [0, 0.1) is 0 Å². The van der Waals surface area contributed by atoms with Crippen LogP contribution in [0.2, 0.25) is 0 Å². The number of para-hydroxylation sites is 1. The first-order valence-corrected chi connectivity index (χ1v) is 8.74. The van der Waals surface area contributed by atoms with E-state index in [1.807, 2.05) is 6.20 Å². The highest BCUT2D eigenvalue weighted by atomic mass is 14.9. The number of unbranched alkanes of at least 4 members (excludes halogenated alkanes) is 3. The molecule has 3 rings (SSSR count). The van der Waals surface area contributed by atoms with Gasteiger partial charge in [0.15, 0.2) is 5.82 Å². The molecule has 0 aliphatic heterocycles. The zero-order valence-electron chi connectivity index (χ0n) is 14.1. The molecule has 0 aliphatic rings. The molecule has 0 unspecified atom stereocenters. The van der Waals surface area contributed by atoms with E-state index < -0.39 is 0 Å². The third-order valence-electron chi connectivity index (χ3n) is 4.36. The minimum absolute atomic E-state index is 0.860. The van der Waals surface area contributed by atoms with Crippen LogP contribution in [-0.2, 0) is 12.8 Å². The summed E-state index contributed by atoms with van der Waals surface area (Å²) in [5, 5.41) is 0. The predicted octanol–water partition coefficient (Wildman–Crippen LogP) is 5.31. The van der Waals surface area contributed by atoms with Gasteiger partial charge in [0, 0.05) is 6.20 Å². The Bertz CT molecular complexity index is 756. The molecule has 0 amide bonds. The van der Waals surface area contributed by atoms with Crippen molar-refractivity contribution in [1.82, 2.24) is 15.0 Å². The first kappa shape index (κ1) is 15.7. The first-order valence-electron chi connectivity index (χ1n) is 8.74. The number of nitrogens with one attached hydrogen (secondary N) is 1. The summed E-state index contributed by atoms with van der Waals surface area (Å²) >= 11 is 0. The van der Waals surface area contributed by atoms with Crippen LogP contribution in [0.4, 0.5) is 0 Å². The van der Waals surface area contributed by atoms with Crippen molar-refractivity contribution in [1.29, 1.82) is 0 Å². The number of aromatic amines is 1. The summed E-state index contributed by atoms with van der Waals surface area (Å²) in [5.41, 5.74) is 5.66. The fraction of sp³-hybridized carbons (Fsp3) is 0.400. The molecule has 120 valence electrons. The van der Waals surface area contributed by atoms with Gasteiger partial charge in [-0.3, -0.25) is 4.98 Å². The van der Waals surface area contributed by atoms with E-state index in [2.05, 4.69) is 54.1 Å². The zero-order chi connectivity index (χ0) is 16.1. The van der Waals surface area contributed by atoms with Gasteiger partial charge >= 0.3 is 0 Å². The van der Waals surface area contributed by atoms with Gasteiger partial charge in [0.1, 0.15) is 5.69 Å². The molecule has 3 nitrogen and oxygen atoms in total. The summed E-state index contributed by atoms with van der Waals surface area (Å²) in [6.45, 7) is 4.41. The summed E-state index contributed by atoms with van der Waals surface area (Å²) in [4.78, 5) is 12.7. The number of imidazole rings is 1. The Kier molecular flexibility index (Phi) is 5.06. The molecule has 3 heteroatoms. The fourth-order valence-electron chi connectivity index (χ4n) is 2.97. The van der Waals surface area contributed by atoms with Crippen LogP contribution in [0.25, 0.3) is 22.6 Å². The number of aryl methyl sites for hydroxylation is 2. The molecule has 0 radical (unpaired) electrons. The van der Waals surface area contributed by atoms with Gasteiger partial charge in [-0.05, 0) is 42.5 Å². The third-order valence-corrected chi connectivity index (χ3v) is 4.36. The quantitative estimate of drug-likeness (QED) is 0.601. The van der Waals surface area contributed by atoms with Crippen molar-refractivity contribution in [3.63, 3.8) is 0 Å². The number of hydrogen-bond donors (Lipinski definition) is 1. The number of aromatic nitrogens is 3. The third kappa shape index (κ3) is 3.61. The van der Waals surface area contributed by atoms with Gasteiger partial charge in [-0.15, -0.1) is 0 Å². The Morgan fingerprint density at radius 1 is 1.00 bits per heavy atom. The van der Waals surface area contributed by atoms with Crippen molar-refractivity contribution in [2.45, 2.75) is 52.4 Å². The normalized spacial score (nSPS) is 11.2. The topological polar surface area (TPSA) is 41.6 Å². The Hall–Kier alpha value is -2.16. The molecule has 2 aromatic heterocycles. The van der Waals surface area contributed by atoms with Gasteiger partial charge in [0.05, 0.1) is 11.0 Å². The summed E-state index contributed by atoms with van der Waals surface area (Å²) in [7, 11) is 0. The maximum absolute atomic E-state index is 4.75. The Morgan fingerprint density at radius 2 is 1.91 bits per heavy atom. The van der Waals surface area contributed by atoms with Gasteiger partial charge in [-0.2, -0.15) is 0 Å². The lowest BCUT2D eigenvalue weighted by Gasteiger charge is -2.02. The van der Waals surface area contributed by atoms with Crippen LogP contribution in [-0.4, -0.2) is 15.0 Å². The fourth-order valence-corrected chi connectivity index (χ4v) is 2.97. The summed E-state index contributed by atoms with van der Waals surface area (Å²) in [6, 6.07) is 10.6. The Balaban J connectivity index is 1.77. The summed E-state index contributed by atoms with van der Waals surface area (Å²) < 4.78 is 0. The first-order chi connectivity index (χ1) is 11.3. The van der Waals surface area contributed by atoms with Crippen molar-refractivity contribution < 1.29 is 0 Å². The minimum Gasteiger partial charge on any atom is -0.337 e. The van der Waals surface area contributed by atoms with Crippen molar-refractivity contribution >= 4 is 11.0 Å². The molecule has 0 saturated heterocycles. The van der Waals surface area contributed by atoms with E-state index in [4.69, 9.17) is 4.98 Å². The predicted molar refractivity (Wildman–Crippen MR) is 96.5 cm³/mol. The standard InChI is InChI=1S/C20H25N3/c1-3-5-6-7-9-15-12-13-18(21-14-15)20-22-17-11-8-10-16(4-2)19(17)23-20/h8,10-14H,3-7,9H2,1-2H3,(H,22,23). The molecule has 2 heterocycles. The minimum atomic E-state index is 0.860. The lowest BCUT2D eigenvalue weighted by molar-refractivity contribution is 0.666. The monoisotopic (exact) mass is 307 g/mol. The van der Waals surface area contributed by atoms with E-state index in [9.17, 15) is 0 Å². The zero-order valence-corrected chi connectivity index (χ0v) is 14.1. The van der Waals surface area contributed by atoms with E-state index in [-0.39, 0.29) is 0 Å². The molecule has 1 N–H and O–H groups in total. The van der Waals surface area contributed by atoms with Crippen LogP contribution in [0.5, 0.6) is 0 Å². The average Bonchev–Trinajstić information content (AvgIpc) is 3.03. The highest BCUT2D eigenvalue weighted by Gasteiger charge is 2.09. The van der Waals surface area contributed by atoms with E-state index in [0.29, 0.717) is 0 Å². The second-order valence-corrected chi connectivity index (χ2v) is 6.11. The second kappa shape index (κ2) is 7.40. The number of nitrogens with zero attached hydrogens (tertiary/aromatic N) is 2. The molecule has 0 atom stereocenters. The van der Waals surface area contributed by atoms with E-state index in [1.165, 1.54) is 36.8 Å². The van der Waals surface area contributed by atoms with E-state index in [1.54, 1.807) is 0 Å². The summed E-state index contributed by atoms with van der Waals surface area (Å²) in [6.07, 6.45) is 9.27. The number of hydrogen-bond acceptors (Lipinski definition) is 2. The SMILES string of the molecule is CCCCCCc1ccc(-c2nc3c(CC)cccc3[nH]2)nc1. The molecular formula is C20H25N3. The molecule has 1 aromatic carbocycles. The van der Waals surface area contributed by atoms with Crippen LogP contribution in [0.1, 0.15) is 50.7 Å². The molecule has 0 bridgehead atoms. The number of pyridine rings is 1. The van der Waals surface area contributed by atoms with Crippen LogP contribution in [0.15, 0.2) is 36.5 Å². The van der Waals surface area contributed by atoms with Gasteiger partial charge in [0.25, 0.3) is 0 Å². The van der Waals surface area contributed by atoms with Crippen LogP contribution in [0.3, 0.4) is 0 Å². The average molecular weight is 307 g/mol. The van der Waals surface area contributed by atoms with Gasteiger partial charge < -0.3 is 4.98 Å². The second-order valence-electron chi connectivity index (χ2n) is 6.11. The molecule has 0 aliphatic carbocycles. The van der Waals surface area contributed by atoms with Crippen molar-refractivity contribution in [3.8, 4) is 11.5 Å². The number of H-pyrrole nitrogens is 1. The van der Waals surface area contributed by atoms with E-state index >= 15 is 0 Å². The van der Waals surface area contributed by atoms with Gasteiger partial charge in [-0.25, -0.2) is 4.98 Å². The molecule has 3 aromatic rings. The lowest BCUT2D eigenvalue weighted by atomic mass is 10.1. The largest absolute Gasteiger partial charge is 0.337 e. The molecular weight excluding hydrogens is 282 g/mol. The summed E-state index contributed by atoms with van der Waals surface area (Å²) in [5.74, 6) is 0.860. The highest BCUT2D eigenvalue weighted by molar-refractivity contribution is 5.81. The molecule has 0 spiro atoms. The van der Waals surface area contributed by atoms with Crippen molar-refractivity contribution in [2.75, 3.05) is 0 Å². The van der Waals surface area contributed by atoms with Crippen LogP contribution < -0.4 is 0 Å². The maximum Gasteiger partial charge on any atom is 0.157 e. The molecule has 23 heavy (non-hydrogen) atoms. The van der Waals surface area contributed by atoms with Gasteiger partial charge in [0.2, 0.25) is 0 Å². The molecule has 0 saturated carbocycles. The number of benzene rings is 1. The van der Waals surface area contributed by atoms with Gasteiger partial charge in [-0.1, -0.05) is 51.3 Å². The number of fused-ring (bicyclic) bond motifs is 1. The highest BCUT2D eigenvalue weighted by Crippen LogP contribution is 2.22. The maximum atomic E-state index is 4.75. The van der Waals surface area contributed by atoms with E-state index in [0.717, 1.165) is 35.4 Å². The smallest absolute Gasteiger partial charge is 0.157 e. The van der Waals surface area contributed by atoms with Crippen molar-refractivity contribution in [2.24, 2.45) is 0 Å². The van der Waals surface area contributed by atoms with Crippen molar-refractivity contribution in [3.05, 3.63) is 47.7 Å². The Labute approximate surface area is 138 Å². The number of rotatable bonds is 7. The lowest BCUT2D eigenvalue weighted by Crippen LogP contribution is -1.90.